The molecule has 1 aliphatic heterocycles. The Morgan fingerprint density at radius 2 is 2.23 bits per heavy atom. The fraction of sp³-hybridized carbons (Fsp3) is 0.625. The lowest BCUT2D eigenvalue weighted by atomic mass is 9.77. The number of nitrogens with zero attached hydrogens (tertiary/aromatic N) is 2. The Morgan fingerprint density at radius 1 is 1.50 bits per heavy atom. The number of pyridine rings is 1. The first-order valence-corrected chi connectivity index (χ1v) is 8.23. The van der Waals surface area contributed by atoms with Gasteiger partial charge in [0.1, 0.15) is 0 Å². The van der Waals surface area contributed by atoms with Crippen molar-refractivity contribution in [3.05, 3.63) is 29.6 Å². The molecule has 1 aromatic rings. The van der Waals surface area contributed by atoms with Crippen molar-refractivity contribution >= 4 is 15.1 Å². The molecule has 1 saturated heterocycles. The smallest absolute Gasteiger partial charge is 0.285 e. The van der Waals surface area contributed by atoms with Gasteiger partial charge in [0.15, 0.2) is 0 Å². The lowest BCUT2D eigenvalue weighted by molar-refractivity contribution is -0.140. The van der Waals surface area contributed by atoms with E-state index in [9.17, 15) is 13.6 Å². The van der Waals surface area contributed by atoms with Crippen LogP contribution in [-0.2, 0) is 16.9 Å². The van der Waals surface area contributed by atoms with Gasteiger partial charge in [-0.2, -0.15) is 8.78 Å². The topological polar surface area (TPSA) is 33.2 Å². The molecule has 1 aromatic heterocycles. The lowest BCUT2D eigenvalue weighted by Crippen LogP contribution is -2.56. The molecule has 3 nitrogen and oxygen atoms in total. The van der Waals surface area contributed by atoms with Crippen LogP contribution in [0.5, 0.6) is 0 Å². The molecule has 2 atom stereocenters. The summed E-state index contributed by atoms with van der Waals surface area (Å²) in [5.74, 6) is 0.702. The number of carbonyl (C=O) groups is 1. The predicted octanol–water partition coefficient (Wildman–Crippen LogP) is 3.20. The Morgan fingerprint density at radius 3 is 2.77 bits per heavy atom. The zero-order chi connectivity index (χ0) is 16.0. The first kappa shape index (κ1) is 15.8. The summed E-state index contributed by atoms with van der Waals surface area (Å²) in [7, 11) is 1.54. The first-order chi connectivity index (χ1) is 10.3. The summed E-state index contributed by atoms with van der Waals surface area (Å²) in [6.07, 6.45) is 5.51. The summed E-state index contributed by atoms with van der Waals surface area (Å²) in [5, 5.41) is 0. The highest BCUT2D eigenvalue weighted by molar-refractivity contribution is 7.17. The summed E-state index contributed by atoms with van der Waals surface area (Å²) >= 11 is 0. The first-order valence-electron chi connectivity index (χ1n) is 7.65. The number of halogens is 2. The maximum atomic E-state index is 13.1. The SMILES string of the molecule is CC(=O)N1CC2(CCC(Cc3ccc(C(F)(F)P)cn3)C2)C1. The number of amides is 1. The van der Waals surface area contributed by atoms with E-state index in [0.717, 1.165) is 44.5 Å². The number of rotatable bonds is 3. The molecule has 3 rings (SSSR count). The number of likely N-dealkylation sites (tertiary alicyclic amines) is 1. The van der Waals surface area contributed by atoms with Crippen LogP contribution in [0.1, 0.15) is 37.4 Å². The second-order valence-corrected chi connectivity index (χ2v) is 7.57. The summed E-state index contributed by atoms with van der Waals surface area (Å²) in [6, 6.07) is 3.17. The van der Waals surface area contributed by atoms with E-state index in [1.54, 1.807) is 13.0 Å². The minimum absolute atomic E-state index is 0.0692. The van der Waals surface area contributed by atoms with Crippen molar-refractivity contribution in [2.45, 2.75) is 38.3 Å². The third kappa shape index (κ3) is 3.15. The van der Waals surface area contributed by atoms with Gasteiger partial charge in [-0.15, -0.1) is 0 Å². The molecule has 2 unspecified atom stereocenters. The van der Waals surface area contributed by atoms with Crippen LogP contribution >= 0.6 is 9.24 Å². The van der Waals surface area contributed by atoms with Gasteiger partial charge >= 0.3 is 0 Å². The Balaban J connectivity index is 1.56. The summed E-state index contributed by atoms with van der Waals surface area (Å²) in [5.41, 5.74) is -1.79. The van der Waals surface area contributed by atoms with Crippen LogP contribution in [-0.4, -0.2) is 28.9 Å². The highest BCUT2D eigenvalue weighted by Gasteiger charge is 2.48. The van der Waals surface area contributed by atoms with Crippen LogP contribution in [0, 0.1) is 11.3 Å². The van der Waals surface area contributed by atoms with Crippen molar-refractivity contribution < 1.29 is 13.6 Å². The molecule has 1 amide bonds. The maximum absolute atomic E-state index is 13.1. The zero-order valence-corrected chi connectivity index (χ0v) is 13.8. The van der Waals surface area contributed by atoms with Gasteiger partial charge in [0.05, 0.1) is 0 Å². The van der Waals surface area contributed by atoms with E-state index < -0.39 is 5.66 Å². The molecule has 1 aliphatic carbocycles. The normalized spacial score (nSPS) is 23.6. The van der Waals surface area contributed by atoms with Crippen LogP contribution in [0.25, 0.3) is 0 Å². The molecule has 2 heterocycles. The van der Waals surface area contributed by atoms with Crippen molar-refractivity contribution in [1.29, 1.82) is 0 Å². The predicted molar refractivity (Wildman–Crippen MR) is 83.6 cm³/mol. The van der Waals surface area contributed by atoms with Gasteiger partial charge in [-0.05, 0) is 43.7 Å². The van der Waals surface area contributed by atoms with Crippen molar-refractivity contribution in [1.82, 2.24) is 9.88 Å². The number of aromatic nitrogens is 1. The van der Waals surface area contributed by atoms with E-state index in [-0.39, 0.29) is 11.5 Å². The minimum atomic E-state index is -2.91. The Labute approximate surface area is 131 Å². The van der Waals surface area contributed by atoms with Gasteiger partial charge in [0, 0.05) is 42.9 Å². The van der Waals surface area contributed by atoms with Crippen molar-refractivity contribution in [2.24, 2.45) is 11.3 Å². The van der Waals surface area contributed by atoms with Gasteiger partial charge in [-0.3, -0.25) is 9.78 Å². The molecule has 22 heavy (non-hydrogen) atoms. The van der Waals surface area contributed by atoms with Crippen molar-refractivity contribution in [3.8, 4) is 0 Å². The Kier molecular flexibility index (Phi) is 3.96. The van der Waals surface area contributed by atoms with E-state index >= 15 is 0 Å². The third-order valence-electron chi connectivity index (χ3n) is 5.01. The van der Waals surface area contributed by atoms with E-state index in [2.05, 4.69) is 4.98 Å². The molecular formula is C16H21F2N2OP. The number of alkyl halides is 2. The molecule has 6 heteroatoms. The van der Waals surface area contributed by atoms with Crippen LogP contribution in [0.4, 0.5) is 8.78 Å². The van der Waals surface area contributed by atoms with Crippen LogP contribution < -0.4 is 0 Å². The monoisotopic (exact) mass is 326 g/mol. The molecule has 1 saturated carbocycles. The molecule has 0 radical (unpaired) electrons. The molecule has 2 aliphatic rings. The second-order valence-electron chi connectivity index (χ2n) is 6.85. The summed E-state index contributed by atoms with van der Waals surface area (Å²) in [4.78, 5) is 17.4. The van der Waals surface area contributed by atoms with Crippen LogP contribution in [0.3, 0.4) is 0 Å². The highest BCUT2D eigenvalue weighted by Crippen LogP contribution is 2.49. The fourth-order valence-corrected chi connectivity index (χ4v) is 3.98. The number of hydrogen-bond acceptors (Lipinski definition) is 2. The largest absolute Gasteiger partial charge is 0.342 e. The Hall–Kier alpha value is -1.09. The molecule has 2 fully saturated rings. The average Bonchev–Trinajstić information content (AvgIpc) is 2.80. The van der Waals surface area contributed by atoms with E-state index in [4.69, 9.17) is 0 Å². The molecule has 0 bridgehead atoms. The quantitative estimate of drug-likeness (QED) is 0.799. The van der Waals surface area contributed by atoms with Crippen molar-refractivity contribution in [2.75, 3.05) is 13.1 Å². The lowest BCUT2D eigenvalue weighted by Gasteiger charge is -2.48. The zero-order valence-electron chi connectivity index (χ0n) is 12.7. The molecule has 0 N–H and O–H groups in total. The maximum Gasteiger partial charge on any atom is 0.285 e. The fourth-order valence-electron chi connectivity index (χ4n) is 3.81. The van der Waals surface area contributed by atoms with Gasteiger partial charge < -0.3 is 4.90 Å². The van der Waals surface area contributed by atoms with Gasteiger partial charge in [0.25, 0.3) is 5.66 Å². The molecule has 120 valence electrons. The Bertz CT molecular complexity index is 565. The van der Waals surface area contributed by atoms with Crippen molar-refractivity contribution in [3.63, 3.8) is 0 Å². The third-order valence-corrected chi connectivity index (χ3v) is 5.34. The van der Waals surface area contributed by atoms with E-state index in [0.29, 0.717) is 11.3 Å². The minimum Gasteiger partial charge on any atom is -0.342 e. The molecule has 0 aromatic carbocycles. The van der Waals surface area contributed by atoms with Gasteiger partial charge in [-0.1, -0.05) is 9.24 Å². The van der Waals surface area contributed by atoms with Crippen LogP contribution in [0.2, 0.25) is 0 Å². The number of hydrogen-bond donors (Lipinski definition) is 0. The summed E-state index contributed by atoms with van der Waals surface area (Å²) < 4.78 is 26.3. The second kappa shape index (κ2) is 5.52. The van der Waals surface area contributed by atoms with Gasteiger partial charge in [0.2, 0.25) is 5.91 Å². The summed E-state index contributed by atoms with van der Waals surface area (Å²) in [6.45, 7) is 3.38. The highest BCUT2D eigenvalue weighted by atomic mass is 31.0. The van der Waals surface area contributed by atoms with Crippen LogP contribution in [0.15, 0.2) is 18.3 Å². The average molecular weight is 326 g/mol. The standard InChI is InChI=1S/C16H21F2N2OP/c1-11(21)20-9-15(10-20)5-4-12(7-15)6-14-3-2-13(8-19-14)16(17,18)22/h2-3,8,12H,4-7,9-10,22H2,1H3. The van der Waals surface area contributed by atoms with E-state index in [1.807, 2.05) is 4.90 Å². The van der Waals surface area contributed by atoms with Gasteiger partial charge in [-0.25, -0.2) is 0 Å². The molecular weight excluding hydrogens is 305 g/mol. The van der Waals surface area contributed by atoms with E-state index in [1.165, 1.54) is 21.5 Å². The number of carbonyl (C=O) groups excluding carboxylic acids is 1. The molecule has 1 spiro atoms.